The molecule has 200 valence electrons. The third kappa shape index (κ3) is 5.20. The van der Waals surface area contributed by atoms with Gasteiger partial charge in [0.2, 0.25) is 11.2 Å². The van der Waals surface area contributed by atoms with Gasteiger partial charge in [-0.2, -0.15) is 0 Å². The number of carbonyl (C=O) groups excluding carboxylic acids is 3. The quantitative estimate of drug-likeness (QED) is 0.216. The molecule has 0 bridgehead atoms. The molecule has 4 aromatic rings. The second-order valence-electron chi connectivity index (χ2n) is 9.59. The van der Waals surface area contributed by atoms with Gasteiger partial charge in [-0.3, -0.25) is 14.4 Å². The number of rotatable bonds is 7. The van der Waals surface area contributed by atoms with Gasteiger partial charge < -0.3 is 23.8 Å². The van der Waals surface area contributed by atoms with Gasteiger partial charge in [0.05, 0.1) is 29.9 Å². The average molecular weight is 529 g/mol. The molecule has 1 N–H and O–H groups in total. The minimum atomic E-state index is -1.25. The van der Waals surface area contributed by atoms with Gasteiger partial charge in [-0.1, -0.05) is 30.3 Å². The zero-order valence-corrected chi connectivity index (χ0v) is 21.7. The number of hydrogen-bond acceptors (Lipinski definition) is 7. The van der Waals surface area contributed by atoms with E-state index in [2.05, 4.69) is 17.1 Å². The Labute approximate surface area is 224 Å². The summed E-state index contributed by atoms with van der Waals surface area (Å²) in [6.45, 7) is 2.68. The zero-order valence-electron chi connectivity index (χ0n) is 21.7. The lowest BCUT2D eigenvalue weighted by atomic mass is 9.90. The number of benzene rings is 2. The molecule has 0 unspecified atom stereocenters. The topological polar surface area (TPSA) is 119 Å². The molecule has 1 saturated heterocycles. The summed E-state index contributed by atoms with van der Waals surface area (Å²) >= 11 is 0. The number of aromatic amines is 1. The van der Waals surface area contributed by atoms with Crippen molar-refractivity contribution in [1.29, 1.82) is 0 Å². The molecule has 1 fully saturated rings. The number of H-pyrrole nitrogens is 1. The number of nitrogens with zero attached hydrogens (tertiary/aromatic N) is 1. The van der Waals surface area contributed by atoms with Gasteiger partial charge in [0.1, 0.15) is 11.5 Å². The Balaban J connectivity index is 1.36. The highest BCUT2D eigenvalue weighted by Gasteiger charge is 2.30. The summed E-state index contributed by atoms with van der Waals surface area (Å²) in [5.41, 5.74) is 1.49. The summed E-state index contributed by atoms with van der Waals surface area (Å²) in [5, 5.41) is 0.293. The first kappa shape index (κ1) is 26.0. The monoisotopic (exact) mass is 528 g/mol. The van der Waals surface area contributed by atoms with Crippen molar-refractivity contribution in [3.63, 3.8) is 0 Å². The highest BCUT2D eigenvalue weighted by Crippen LogP contribution is 2.34. The predicted octanol–water partition coefficient (Wildman–Crippen LogP) is 4.32. The molecule has 0 aliphatic carbocycles. The highest BCUT2D eigenvalue weighted by molar-refractivity contribution is 6.43. The molecule has 1 aliphatic heterocycles. The number of methoxy groups -OCH3 is 1. The molecule has 2 aromatic carbocycles. The number of esters is 1. The van der Waals surface area contributed by atoms with Crippen LogP contribution >= 0.6 is 0 Å². The first-order chi connectivity index (χ1) is 18.9. The summed E-state index contributed by atoms with van der Waals surface area (Å²) in [7, 11) is 1.41. The van der Waals surface area contributed by atoms with Crippen molar-refractivity contribution in [2.24, 2.45) is 5.92 Å². The third-order valence-corrected chi connectivity index (χ3v) is 7.14. The van der Waals surface area contributed by atoms with Gasteiger partial charge >= 0.3 is 5.97 Å². The van der Waals surface area contributed by atoms with E-state index in [1.807, 2.05) is 18.2 Å². The summed E-state index contributed by atoms with van der Waals surface area (Å²) in [4.78, 5) is 56.2. The van der Waals surface area contributed by atoms with E-state index in [1.54, 1.807) is 17.0 Å². The van der Waals surface area contributed by atoms with Gasteiger partial charge in [0.15, 0.2) is 0 Å². The van der Waals surface area contributed by atoms with Gasteiger partial charge in [-0.05, 0) is 49.8 Å². The van der Waals surface area contributed by atoms with Gasteiger partial charge in [-0.25, -0.2) is 4.79 Å². The van der Waals surface area contributed by atoms with Crippen LogP contribution < -0.4 is 14.9 Å². The minimum absolute atomic E-state index is 0.0268. The van der Waals surface area contributed by atoms with Gasteiger partial charge in [-0.15, -0.1) is 0 Å². The van der Waals surface area contributed by atoms with Crippen molar-refractivity contribution in [1.82, 2.24) is 9.88 Å². The molecule has 0 radical (unpaired) electrons. The molecular weight excluding hydrogens is 500 g/mol. The Morgan fingerprint density at radius 2 is 1.74 bits per heavy atom. The Hall–Kier alpha value is -4.66. The minimum Gasteiger partial charge on any atom is -0.495 e. The fraction of sp³-hybridized carbons (Fsp3) is 0.267. The van der Waals surface area contributed by atoms with Crippen LogP contribution in [0.4, 0.5) is 0 Å². The Kier molecular flexibility index (Phi) is 7.31. The predicted molar refractivity (Wildman–Crippen MR) is 143 cm³/mol. The molecule has 0 saturated carbocycles. The molecule has 0 atom stereocenters. The van der Waals surface area contributed by atoms with Crippen LogP contribution in [0.5, 0.6) is 11.5 Å². The lowest BCUT2D eigenvalue weighted by molar-refractivity contribution is -0.129. The first-order valence-electron chi connectivity index (χ1n) is 12.7. The molecule has 39 heavy (non-hydrogen) atoms. The zero-order chi connectivity index (χ0) is 27.5. The van der Waals surface area contributed by atoms with Crippen molar-refractivity contribution < 1.29 is 28.3 Å². The maximum absolute atomic E-state index is 13.6. The van der Waals surface area contributed by atoms with Crippen molar-refractivity contribution >= 4 is 28.6 Å². The number of amides is 1. The molecule has 0 spiro atoms. The van der Waals surface area contributed by atoms with Crippen LogP contribution in [0.1, 0.15) is 44.9 Å². The number of piperidine rings is 1. The fourth-order valence-corrected chi connectivity index (χ4v) is 5.08. The number of nitrogens with one attached hydrogen (secondary N) is 1. The summed E-state index contributed by atoms with van der Waals surface area (Å²) in [6, 6.07) is 14.7. The first-order valence-corrected chi connectivity index (χ1v) is 12.7. The van der Waals surface area contributed by atoms with E-state index in [1.165, 1.54) is 32.1 Å². The molecule has 1 aliphatic rings. The molecular formula is C30H28N2O7. The number of aryl methyl sites for hydroxylation is 1. The van der Waals surface area contributed by atoms with E-state index in [0.29, 0.717) is 35.5 Å². The number of Topliss-reactive ketones (excluding diaryl/α,β-unsaturated/α-hetero) is 1. The molecule has 3 heterocycles. The van der Waals surface area contributed by atoms with Crippen LogP contribution in [-0.4, -0.2) is 47.7 Å². The average Bonchev–Trinajstić information content (AvgIpc) is 3.39. The normalized spacial score (nSPS) is 13.8. The summed E-state index contributed by atoms with van der Waals surface area (Å²) in [5.74, 6) is -2.04. The van der Waals surface area contributed by atoms with E-state index < -0.39 is 17.2 Å². The number of ketones is 1. The molecule has 9 heteroatoms. The Bertz CT molecular complexity index is 1590. The Morgan fingerprint density at radius 3 is 2.44 bits per heavy atom. The van der Waals surface area contributed by atoms with Crippen LogP contribution in [-0.2, 0) is 11.2 Å². The van der Waals surface area contributed by atoms with Crippen molar-refractivity contribution in [2.45, 2.75) is 26.2 Å². The molecule has 5 rings (SSSR count). The number of aromatic nitrogens is 1. The Morgan fingerprint density at radius 1 is 1.00 bits per heavy atom. The summed E-state index contributed by atoms with van der Waals surface area (Å²) in [6.07, 6.45) is 5.29. The highest BCUT2D eigenvalue weighted by atomic mass is 16.5. The number of likely N-dealkylation sites (tertiary alicyclic amines) is 1. The van der Waals surface area contributed by atoms with Crippen LogP contribution in [0.25, 0.3) is 10.9 Å². The standard InChI is InChI=1S/C30H28N2O7/c1-18-27(24(33)12-15-38-18)39-30(36)26(34)22-17-31-23-9-8-21(28(37-2)25(22)23)29(35)32-13-10-20(11-14-32)16-19-6-4-3-5-7-19/h3-9,12,15,17,20,31H,10-11,13-14,16H2,1-2H3. The smallest absolute Gasteiger partial charge is 0.385 e. The number of carbonyl (C=O) groups is 3. The fourth-order valence-electron chi connectivity index (χ4n) is 5.08. The lowest BCUT2D eigenvalue weighted by Crippen LogP contribution is -2.39. The number of hydrogen-bond donors (Lipinski definition) is 1. The largest absolute Gasteiger partial charge is 0.495 e. The SMILES string of the molecule is COc1c(C(=O)N2CCC(Cc3ccccc3)CC2)ccc2[nH]cc(C(=O)C(=O)Oc3c(C)occc3=O)c12. The maximum Gasteiger partial charge on any atom is 0.385 e. The lowest BCUT2D eigenvalue weighted by Gasteiger charge is -2.32. The van der Waals surface area contributed by atoms with Crippen LogP contribution in [0.2, 0.25) is 0 Å². The maximum atomic E-state index is 13.6. The van der Waals surface area contributed by atoms with E-state index in [4.69, 9.17) is 13.9 Å². The van der Waals surface area contributed by atoms with Gasteiger partial charge in [0.25, 0.3) is 11.7 Å². The van der Waals surface area contributed by atoms with E-state index in [9.17, 15) is 19.2 Å². The van der Waals surface area contributed by atoms with Crippen LogP contribution in [0, 0.1) is 12.8 Å². The van der Waals surface area contributed by atoms with Crippen molar-refractivity contribution in [3.8, 4) is 11.5 Å². The molecule has 2 aromatic heterocycles. The third-order valence-electron chi connectivity index (χ3n) is 7.14. The second-order valence-corrected chi connectivity index (χ2v) is 9.59. The van der Waals surface area contributed by atoms with Crippen LogP contribution in [0.3, 0.4) is 0 Å². The van der Waals surface area contributed by atoms with Crippen molar-refractivity contribution in [2.75, 3.05) is 20.2 Å². The number of ether oxygens (including phenoxy) is 2. The van der Waals surface area contributed by atoms with Gasteiger partial charge in [0, 0.05) is 30.9 Å². The van der Waals surface area contributed by atoms with Crippen molar-refractivity contribution in [3.05, 3.63) is 93.7 Å². The van der Waals surface area contributed by atoms with E-state index in [0.717, 1.165) is 25.3 Å². The second kappa shape index (κ2) is 11.0. The summed E-state index contributed by atoms with van der Waals surface area (Å²) < 4.78 is 15.8. The number of fused-ring (bicyclic) bond motifs is 1. The van der Waals surface area contributed by atoms with E-state index >= 15 is 0 Å². The van der Waals surface area contributed by atoms with E-state index in [-0.39, 0.29) is 28.7 Å². The molecule has 1 amide bonds. The molecule has 9 nitrogen and oxygen atoms in total. The van der Waals surface area contributed by atoms with Crippen LogP contribution in [0.15, 0.2) is 70.2 Å².